The highest BCUT2D eigenvalue weighted by molar-refractivity contribution is 5.80. The lowest BCUT2D eigenvalue weighted by Gasteiger charge is -2.25. The average Bonchev–Trinajstić information content (AvgIpc) is 3.06. The van der Waals surface area contributed by atoms with E-state index in [-0.39, 0.29) is 5.91 Å². The molecule has 0 bridgehead atoms. The minimum absolute atomic E-state index is 0.0340. The molecule has 2 aromatic carbocycles. The molecule has 0 spiro atoms. The molecule has 0 radical (unpaired) electrons. The molecule has 1 aliphatic carbocycles. The second-order valence-electron chi connectivity index (χ2n) is 8.38. The summed E-state index contributed by atoms with van der Waals surface area (Å²) in [7, 11) is 0. The number of anilines is 1. The van der Waals surface area contributed by atoms with Gasteiger partial charge in [-0.15, -0.1) is 0 Å². The number of ether oxygens (including phenoxy) is 1. The van der Waals surface area contributed by atoms with Crippen molar-refractivity contribution in [3.63, 3.8) is 0 Å². The summed E-state index contributed by atoms with van der Waals surface area (Å²) in [6, 6.07) is 15.4. The summed E-state index contributed by atoms with van der Waals surface area (Å²) < 4.78 is 6.05. The van der Waals surface area contributed by atoms with E-state index in [9.17, 15) is 4.79 Å². The van der Waals surface area contributed by atoms with E-state index in [1.807, 2.05) is 19.1 Å². The predicted molar refractivity (Wildman–Crippen MR) is 118 cm³/mol. The molecule has 154 valence electrons. The van der Waals surface area contributed by atoms with Crippen LogP contribution in [-0.2, 0) is 24.1 Å². The van der Waals surface area contributed by atoms with E-state index in [0.717, 1.165) is 38.0 Å². The number of hydrogen-bond acceptors (Lipinski definition) is 3. The summed E-state index contributed by atoms with van der Waals surface area (Å²) in [5.41, 5.74) is 5.44. The van der Waals surface area contributed by atoms with Gasteiger partial charge in [0.1, 0.15) is 5.75 Å². The monoisotopic (exact) mass is 392 g/mol. The Labute approximate surface area is 174 Å². The topological polar surface area (TPSA) is 41.6 Å². The smallest absolute Gasteiger partial charge is 0.260 e. The van der Waals surface area contributed by atoms with Crippen molar-refractivity contribution in [1.82, 2.24) is 5.32 Å². The van der Waals surface area contributed by atoms with Gasteiger partial charge >= 0.3 is 0 Å². The van der Waals surface area contributed by atoms with Crippen molar-refractivity contribution >= 4 is 11.6 Å². The predicted octanol–water partition coefficient (Wildman–Crippen LogP) is 4.29. The van der Waals surface area contributed by atoms with Gasteiger partial charge in [-0.1, -0.05) is 30.3 Å². The van der Waals surface area contributed by atoms with Crippen LogP contribution in [0.4, 0.5) is 5.69 Å². The third-order valence-corrected chi connectivity index (χ3v) is 6.25. The van der Waals surface area contributed by atoms with Crippen molar-refractivity contribution in [2.75, 3.05) is 18.0 Å². The molecule has 0 saturated carbocycles. The molecule has 4 rings (SSSR count). The molecular formula is C25H32N2O2. The van der Waals surface area contributed by atoms with Crippen molar-refractivity contribution < 1.29 is 9.53 Å². The zero-order chi connectivity index (χ0) is 20.2. The van der Waals surface area contributed by atoms with Crippen LogP contribution in [0.2, 0.25) is 0 Å². The van der Waals surface area contributed by atoms with Gasteiger partial charge in [0.05, 0.1) is 0 Å². The SMILES string of the molecule is C[C@@H](Oc1cccc2c1CCCC2)C(=O)NCCCN1c2ccccc2C[C@@H]1C. The Morgan fingerprint density at radius 3 is 2.83 bits per heavy atom. The van der Waals surface area contributed by atoms with Gasteiger partial charge in [-0.3, -0.25) is 4.79 Å². The van der Waals surface area contributed by atoms with Gasteiger partial charge < -0.3 is 15.0 Å². The first kappa shape index (κ1) is 19.8. The van der Waals surface area contributed by atoms with Crippen molar-refractivity contribution in [2.45, 2.75) is 64.5 Å². The Morgan fingerprint density at radius 1 is 1.14 bits per heavy atom. The largest absolute Gasteiger partial charge is 0.481 e. The fourth-order valence-corrected chi connectivity index (χ4v) is 4.68. The number of nitrogens with zero attached hydrogens (tertiary/aromatic N) is 1. The molecule has 0 fully saturated rings. The van der Waals surface area contributed by atoms with Crippen LogP contribution in [0.25, 0.3) is 0 Å². The Balaban J connectivity index is 1.25. The number of para-hydroxylation sites is 1. The van der Waals surface area contributed by atoms with Crippen molar-refractivity contribution in [3.8, 4) is 5.75 Å². The summed E-state index contributed by atoms with van der Waals surface area (Å²) in [6.45, 7) is 5.75. The molecule has 29 heavy (non-hydrogen) atoms. The van der Waals surface area contributed by atoms with Crippen molar-refractivity contribution in [2.24, 2.45) is 0 Å². The zero-order valence-corrected chi connectivity index (χ0v) is 17.6. The van der Waals surface area contributed by atoms with Gasteiger partial charge in [0.15, 0.2) is 6.10 Å². The number of nitrogens with one attached hydrogen (secondary N) is 1. The fourth-order valence-electron chi connectivity index (χ4n) is 4.68. The lowest BCUT2D eigenvalue weighted by molar-refractivity contribution is -0.127. The van der Waals surface area contributed by atoms with E-state index in [0.29, 0.717) is 12.6 Å². The highest BCUT2D eigenvalue weighted by atomic mass is 16.5. The Morgan fingerprint density at radius 2 is 1.93 bits per heavy atom. The molecule has 2 aromatic rings. The Hall–Kier alpha value is -2.49. The van der Waals surface area contributed by atoms with Crippen LogP contribution in [0.5, 0.6) is 5.75 Å². The van der Waals surface area contributed by atoms with E-state index in [4.69, 9.17) is 4.74 Å². The number of carbonyl (C=O) groups is 1. The number of benzene rings is 2. The molecule has 2 atom stereocenters. The summed E-state index contributed by atoms with van der Waals surface area (Å²) in [5, 5.41) is 3.05. The fraction of sp³-hybridized carbons (Fsp3) is 0.480. The maximum Gasteiger partial charge on any atom is 0.260 e. The number of carbonyl (C=O) groups excluding carboxylic acids is 1. The number of aryl methyl sites for hydroxylation is 1. The normalized spacial score (nSPS) is 18.7. The average molecular weight is 393 g/mol. The third kappa shape index (κ3) is 4.42. The lowest BCUT2D eigenvalue weighted by Crippen LogP contribution is -2.38. The molecule has 0 unspecified atom stereocenters. The zero-order valence-electron chi connectivity index (χ0n) is 17.6. The summed E-state index contributed by atoms with van der Waals surface area (Å²) in [4.78, 5) is 15.0. The second kappa shape index (κ2) is 8.89. The standard InChI is InChI=1S/C25H32N2O2/c1-18-17-21-10-4-6-13-23(21)27(18)16-8-15-26-25(28)19(2)29-24-14-7-11-20-9-3-5-12-22(20)24/h4,6-7,10-11,13-14,18-19H,3,5,8-9,12,15-17H2,1-2H3,(H,26,28)/t18-,19+/m0/s1. The van der Waals surface area contributed by atoms with Crippen LogP contribution < -0.4 is 15.0 Å². The minimum Gasteiger partial charge on any atom is -0.481 e. The van der Waals surface area contributed by atoms with Crippen LogP contribution in [-0.4, -0.2) is 31.1 Å². The van der Waals surface area contributed by atoms with Crippen molar-refractivity contribution in [3.05, 3.63) is 59.2 Å². The van der Waals surface area contributed by atoms with E-state index >= 15 is 0 Å². The van der Waals surface area contributed by atoms with E-state index in [1.54, 1.807) is 0 Å². The van der Waals surface area contributed by atoms with Gasteiger partial charge in [-0.05, 0) is 81.2 Å². The van der Waals surface area contributed by atoms with Gasteiger partial charge in [-0.2, -0.15) is 0 Å². The first-order chi connectivity index (χ1) is 14.1. The maximum atomic E-state index is 12.5. The van der Waals surface area contributed by atoms with Gasteiger partial charge in [-0.25, -0.2) is 0 Å². The molecular weight excluding hydrogens is 360 g/mol. The van der Waals surface area contributed by atoms with Crippen LogP contribution >= 0.6 is 0 Å². The van der Waals surface area contributed by atoms with Crippen LogP contribution in [0.1, 0.15) is 49.8 Å². The lowest BCUT2D eigenvalue weighted by atomic mass is 9.91. The molecule has 1 heterocycles. The molecule has 4 nitrogen and oxygen atoms in total. The second-order valence-corrected chi connectivity index (χ2v) is 8.38. The van der Waals surface area contributed by atoms with Crippen LogP contribution in [0.3, 0.4) is 0 Å². The molecule has 0 aromatic heterocycles. The van der Waals surface area contributed by atoms with Crippen LogP contribution in [0.15, 0.2) is 42.5 Å². The highest BCUT2D eigenvalue weighted by Crippen LogP contribution is 2.32. The van der Waals surface area contributed by atoms with Crippen LogP contribution in [0, 0.1) is 0 Å². The quantitative estimate of drug-likeness (QED) is 0.715. The first-order valence-electron chi connectivity index (χ1n) is 11.0. The molecule has 1 N–H and O–H groups in total. The molecule has 1 amide bonds. The first-order valence-corrected chi connectivity index (χ1v) is 11.0. The maximum absolute atomic E-state index is 12.5. The highest BCUT2D eigenvalue weighted by Gasteiger charge is 2.25. The van der Waals surface area contributed by atoms with E-state index in [2.05, 4.69) is 47.5 Å². The number of fused-ring (bicyclic) bond motifs is 2. The third-order valence-electron chi connectivity index (χ3n) is 6.25. The molecule has 4 heteroatoms. The molecule has 0 saturated heterocycles. The van der Waals surface area contributed by atoms with Gasteiger partial charge in [0, 0.05) is 24.8 Å². The van der Waals surface area contributed by atoms with Gasteiger partial charge in [0.25, 0.3) is 5.91 Å². The summed E-state index contributed by atoms with van der Waals surface area (Å²) in [6.07, 6.45) is 6.17. The molecule has 1 aliphatic heterocycles. The van der Waals surface area contributed by atoms with Gasteiger partial charge in [0.2, 0.25) is 0 Å². The Bertz CT molecular complexity index is 864. The number of hydrogen-bond donors (Lipinski definition) is 1. The number of rotatable bonds is 7. The van der Waals surface area contributed by atoms with E-state index in [1.165, 1.54) is 35.2 Å². The number of amides is 1. The van der Waals surface area contributed by atoms with E-state index < -0.39 is 6.10 Å². The summed E-state index contributed by atoms with van der Waals surface area (Å²) in [5.74, 6) is 0.848. The minimum atomic E-state index is -0.477. The van der Waals surface area contributed by atoms with Crippen molar-refractivity contribution in [1.29, 1.82) is 0 Å². The summed E-state index contributed by atoms with van der Waals surface area (Å²) >= 11 is 0. The molecule has 2 aliphatic rings. The Kier molecular flexibility index (Phi) is 6.08.